The minimum Gasteiger partial charge on any atom is -0.400 e. The molecule has 0 atom stereocenters. The van der Waals surface area contributed by atoms with Crippen LogP contribution in [0.3, 0.4) is 0 Å². The first-order chi connectivity index (χ1) is 3.50. The van der Waals surface area contributed by atoms with Crippen LogP contribution in [0.15, 0.2) is 0 Å². The molecule has 0 saturated carbocycles. The van der Waals surface area contributed by atoms with E-state index in [1.807, 2.05) is 0 Å². The molecule has 1 saturated heterocycles. The molecule has 0 radical (unpaired) electrons. The Morgan fingerprint density at radius 1 is 1.12 bits per heavy atom. The van der Waals surface area contributed by atoms with Crippen molar-refractivity contribution in [3.05, 3.63) is 0 Å². The predicted octanol–water partition coefficient (Wildman–Crippen LogP) is 0.403. The molecule has 1 heterocycles. The summed E-state index contributed by atoms with van der Waals surface area (Å²) < 4.78 is 4.94. The molecule has 0 bridgehead atoms. The summed E-state index contributed by atoms with van der Waals surface area (Å²) in [5.41, 5.74) is 0. The van der Waals surface area contributed by atoms with Gasteiger partial charge in [-0.25, -0.2) is 0 Å². The molecule has 0 aromatic carbocycles. The molecule has 1 rings (SSSR count). The van der Waals surface area contributed by atoms with Crippen LogP contribution in [0, 0.1) is 0 Å². The zero-order valence-electron chi connectivity index (χ0n) is 5.18. The molecule has 0 amide bonds. The molecule has 8 heavy (non-hydrogen) atoms. The smallest absolute Gasteiger partial charge is 0.0466 e. The van der Waals surface area contributed by atoms with Gasteiger partial charge in [-0.1, -0.05) is 0 Å². The Hall–Kier alpha value is 0.634. The second kappa shape index (κ2) is 10.6. The van der Waals surface area contributed by atoms with Gasteiger partial charge in [-0.15, -0.1) is 0 Å². The summed E-state index contributed by atoms with van der Waals surface area (Å²) in [5.74, 6) is 0. The fraction of sp³-hybridized carbons (Fsp3) is 1.00. The average molecular weight is 152 g/mol. The number of rotatable bonds is 0. The zero-order valence-corrected chi connectivity index (χ0v) is 6.75. The van der Waals surface area contributed by atoms with Gasteiger partial charge in [0.25, 0.3) is 0 Å². The van der Waals surface area contributed by atoms with E-state index in [0.717, 1.165) is 20.3 Å². The van der Waals surface area contributed by atoms with E-state index in [1.165, 1.54) is 12.8 Å². The predicted molar refractivity (Wildman–Crippen MR) is 28.2 cm³/mol. The zero-order chi connectivity index (χ0) is 5.54. The summed E-state index contributed by atoms with van der Waals surface area (Å²) in [4.78, 5) is 0. The van der Waals surface area contributed by atoms with Crippen LogP contribution < -0.4 is 0 Å². The van der Waals surface area contributed by atoms with Gasteiger partial charge in [-0.05, 0) is 12.8 Å². The molecule has 0 aliphatic carbocycles. The van der Waals surface area contributed by atoms with Crippen molar-refractivity contribution in [2.45, 2.75) is 12.8 Å². The fourth-order valence-electron chi connectivity index (χ4n) is 0.510. The van der Waals surface area contributed by atoms with Crippen molar-refractivity contribution in [3.63, 3.8) is 0 Å². The van der Waals surface area contributed by atoms with Crippen LogP contribution in [0.25, 0.3) is 0 Å². The second-order valence-corrected chi connectivity index (χ2v) is 1.32. The Balaban J connectivity index is 0. The first kappa shape index (κ1) is 11.4. The molecular formula is C5H12O2Ti. The molecular weight excluding hydrogens is 140 g/mol. The SMILES string of the molecule is C1CCOC1.CO.[Ti]. The van der Waals surface area contributed by atoms with Crippen molar-refractivity contribution in [2.24, 2.45) is 0 Å². The Bertz CT molecular complexity index is 22.0. The van der Waals surface area contributed by atoms with E-state index in [4.69, 9.17) is 9.84 Å². The van der Waals surface area contributed by atoms with E-state index in [9.17, 15) is 0 Å². The standard InChI is InChI=1S/C4H8O.CH4O.Ti/c1-2-4-5-3-1;1-2;/h1-4H2;2H,1H3;. The van der Waals surface area contributed by atoms with Crippen LogP contribution in [0.4, 0.5) is 0 Å². The minimum absolute atomic E-state index is 0. The first-order valence-corrected chi connectivity index (χ1v) is 2.52. The molecule has 48 valence electrons. The van der Waals surface area contributed by atoms with Gasteiger partial charge in [0.2, 0.25) is 0 Å². The summed E-state index contributed by atoms with van der Waals surface area (Å²) >= 11 is 0. The monoisotopic (exact) mass is 152 g/mol. The molecule has 1 N–H and O–H groups in total. The van der Waals surface area contributed by atoms with E-state index in [2.05, 4.69) is 0 Å². The maximum atomic E-state index is 7.00. The molecule has 0 unspecified atom stereocenters. The summed E-state index contributed by atoms with van der Waals surface area (Å²) in [7, 11) is 1.00. The molecule has 1 aliphatic rings. The van der Waals surface area contributed by atoms with Crippen molar-refractivity contribution < 1.29 is 31.6 Å². The Morgan fingerprint density at radius 3 is 1.62 bits per heavy atom. The number of hydrogen-bond donors (Lipinski definition) is 1. The van der Waals surface area contributed by atoms with Crippen LogP contribution in [0.2, 0.25) is 0 Å². The van der Waals surface area contributed by atoms with Crippen molar-refractivity contribution in [2.75, 3.05) is 20.3 Å². The topological polar surface area (TPSA) is 29.5 Å². The van der Waals surface area contributed by atoms with Crippen molar-refractivity contribution in [1.82, 2.24) is 0 Å². The van der Waals surface area contributed by atoms with Gasteiger partial charge in [0, 0.05) is 42.0 Å². The normalized spacial score (nSPS) is 15.8. The molecule has 0 aromatic rings. The van der Waals surface area contributed by atoms with Gasteiger partial charge < -0.3 is 9.84 Å². The summed E-state index contributed by atoms with van der Waals surface area (Å²) in [6, 6.07) is 0. The molecule has 1 aliphatic heterocycles. The van der Waals surface area contributed by atoms with E-state index in [-0.39, 0.29) is 21.7 Å². The summed E-state index contributed by atoms with van der Waals surface area (Å²) in [6.45, 7) is 2.00. The van der Waals surface area contributed by atoms with Crippen molar-refractivity contribution >= 4 is 0 Å². The number of aliphatic hydroxyl groups is 1. The average Bonchev–Trinajstić information content (AvgIpc) is 2.23. The fourth-order valence-corrected chi connectivity index (χ4v) is 0.510. The van der Waals surface area contributed by atoms with Gasteiger partial charge in [0.15, 0.2) is 0 Å². The molecule has 1 fully saturated rings. The summed E-state index contributed by atoms with van der Waals surface area (Å²) in [6.07, 6.45) is 2.56. The Kier molecular flexibility index (Phi) is 15.1. The van der Waals surface area contributed by atoms with E-state index in [1.54, 1.807) is 0 Å². The number of hydrogen-bond acceptors (Lipinski definition) is 2. The van der Waals surface area contributed by atoms with Crippen LogP contribution in [-0.4, -0.2) is 25.4 Å². The number of ether oxygens (including phenoxy) is 1. The quantitative estimate of drug-likeness (QED) is 0.509. The van der Waals surface area contributed by atoms with Crippen LogP contribution >= 0.6 is 0 Å². The van der Waals surface area contributed by atoms with Gasteiger partial charge in [-0.3, -0.25) is 0 Å². The van der Waals surface area contributed by atoms with Gasteiger partial charge in [0.05, 0.1) is 0 Å². The second-order valence-electron chi connectivity index (χ2n) is 1.32. The van der Waals surface area contributed by atoms with E-state index < -0.39 is 0 Å². The first-order valence-electron chi connectivity index (χ1n) is 2.52. The maximum Gasteiger partial charge on any atom is 0.0466 e. The third kappa shape index (κ3) is 6.63. The van der Waals surface area contributed by atoms with Gasteiger partial charge >= 0.3 is 0 Å². The van der Waals surface area contributed by atoms with E-state index in [0.29, 0.717) is 0 Å². The van der Waals surface area contributed by atoms with Crippen LogP contribution in [0.5, 0.6) is 0 Å². The van der Waals surface area contributed by atoms with Crippen LogP contribution in [0.1, 0.15) is 12.8 Å². The minimum atomic E-state index is 0. The largest absolute Gasteiger partial charge is 0.400 e. The van der Waals surface area contributed by atoms with Gasteiger partial charge in [-0.2, -0.15) is 0 Å². The third-order valence-electron chi connectivity index (χ3n) is 0.827. The third-order valence-corrected chi connectivity index (χ3v) is 0.827. The Morgan fingerprint density at radius 2 is 1.50 bits per heavy atom. The van der Waals surface area contributed by atoms with Crippen molar-refractivity contribution in [3.8, 4) is 0 Å². The summed E-state index contributed by atoms with van der Waals surface area (Å²) in [5, 5.41) is 7.00. The van der Waals surface area contributed by atoms with Crippen LogP contribution in [-0.2, 0) is 26.5 Å². The number of aliphatic hydroxyl groups excluding tert-OH is 1. The molecule has 2 nitrogen and oxygen atoms in total. The maximum absolute atomic E-state index is 7.00. The van der Waals surface area contributed by atoms with Crippen molar-refractivity contribution in [1.29, 1.82) is 0 Å². The van der Waals surface area contributed by atoms with E-state index >= 15 is 0 Å². The molecule has 3 heteroatoms. The molecule has 0 aromatic heterocycles. The molecule has 0 spiro atoms. The Labute approximate surface area is 65.1 Å². The van der Waals surface area contributed by atoms with Gasteiger partial charge in [0.1, 0.15) is 0 Å².